The summed E-state index contributed by atoms with van der Waals surface area (Å²) in [5.74, 6) is 0. The molecule has 0 bridgehead atoms. The lowest BCUT2D eigenvalue weighted by atomic mass is 10.1. The van der Waals surface area contributed by atoms with Crippen LogP contribution in [0.15, 0.2) is 18.3 Å². The minimum atomic E-state index is -1.12. The van der Waals surface area contributed by atoms with Crippen LogP contribution in [0.1, 0.15) is 11.8 Å². The second-order valence-electron chi connectivity index (χ2n) is 2.32. The molecule has 0 amide bonds. The van der Waals surface area contributed by atoms with E-state index < -0.39 is 18.8 Å². The highest BCUT2D eigenvalue weighted by atomic mass is 16.4. The molecule has 0 aliphatic heterocycles. The van der Waals surface area contributed by atoms with Gasteiger partial charge in [0.1, 0.15) is 12.2 Å². The summed E-state index contributed by atoms with van der Waals surface area (Å²) in [5.41, 5.74) is 0.506. The Bertz CT molecular complexity index is 197. The average molecular weight is 157 g/mol. The predicted octanol–water partition coefficient (Wildman–Crippen LogP) is -0.599. The molecule has 0 fully saturated rings. The van der Waals surface area contributed by atoms with E-state index >= 15 is 0 Å². The fourth-order valence-electron chi connectivity index (χ4n) is 0.835. The van der Waals surface area contributed by atoms with Gasteiger partial charge in [0.15, 0.2) is 0 Å². The first-order chi connectivity index (χ1) is 5.25. The molecule has 0 saturated heterocycles. The summed E-state index contributed by atoms with van der Waals surface area (Å²) in [6.07, 6.45) is -0.508. The Labute approximate surface area is 64.1 Å². The van der Waals surface area contributed by atoms with Crippen molar-refractivity contribution in [3.05, 3.63) is 24.0 Å². The molecule has 2 unspecified atom stereocenters. The van der Waals surface area contributed by atoms with Gasteiger partial charge in [-0.2, -0.15) is 0 Å². The molecule has 0 aliphatic rings. The maximum atomic E-state index is 9.24. The van der Waals surface area contributed by atoms with E-state index in [2.05, 4.69) is 4.98 Å². The smallest absolute Gasteiger partial charge is 0.122 e. The first-order valence-corrected chi connectivity index (χ1v) is 3.36. The molecule has 62 valence electrons. The normalized spacial score (nSPS) is 16.3. The van der Waals surface area contributed by atoms with E-state index in [0.29, 0.717) is 5.69 Å². The van der Waals surface area contributed by atoms with Crippen LogP contribution in [0.2, 0.25) is 0 Å². The van der Waals surface area contributed by atoms with Crippen LogP contribution in [0.4, 0.5) is 0 Å². The van der Waals surface area contributed by atoms with E-state index in [1.165, 1.54) is 0 Å². The Morgan fingerprint density at radius 2 is 2.18 bits per heavy atom. The van der Waals surface area contributed by atoms with Crippen molar-refractivity contribution in [3.63, 3.8) is 0 Å². The number of aliphatic hydroxyl groups is 3. The van der Waals surface area contributed by atoms with Gasteiger partial charge in [-0.3, -0.25) is 0 Å². The SMILES string of the molecule is OCC(O)C(O)c1ccc[nH]1. The van der Waals surface area contributed by atoms with Gasteiger partial charge in [0, 0.05) is 11.9 Å². The largest absolute Gasteiger partial charge is 0.394 e. The Hall–Kier alpha value is -0.840. The number of H-pyrrole nitrogens is 1. The van der Waals surface area contributed by atoms with Crippen LogP contribution in [0, 0.1) is 0 Å². The van der Waals surface area contributed by atoms with Crippen molar-refractivity contribution in [1.82, 2.24) is 4.98 Å². The zero-order valence-corrected chi connectivity index (χ0v) is 5.94. The molecule has 1 rings (SSSR count). The molecule has 2 atom stereocenters. The zero-order valence-electron chi connectivity index (χ0n) is 5.94. The molecule has 1 heterocycles. The molecule has 4 heteroatoms. The van der Waals surface area contributed by atoms with Gasteiger partial charge >= 0.3 is 0 Å². The average Bonchev–Trinajstić information content (AvgIpc) is 2.53. The summed E-state index contributed by atoms with van der Waals surface area (Å²) < 4.78 is 0. The second-order valence-corrected chi connectivity index (χ2v) is 2.32. The molecule has 0 radical (unpaired) electrons. The first-order valence-electron chi connectivity index (χ1n) is 3.36. The lowest BCUT2D eigenvalue weighted by Gasteiger charge is -2.13. The number of nitrogens with one attached hydrogen (secondary N) is 1. The molecule has 1 aromatic heterocycles. The molecule has 1 aromatic rings. The highest BCUT2D eigenvalue weighted by Gasteiger charge is 2.17. The lowest BCUT2D eigenvalue weighted by Crippen LogP contribution is -2.22. The van der Waals surface area contributed by atoms with Gasteiger partial charge in [0.25, 0.3) is 0 Å². The molecule has 11 heavy (non-hydrogen) atoms. The van der Waals surface area contributed by atoms with Crippen molar-refractivity contribution < 1.29 is 15.3 Å². The third kappa shape index (κ3) is 1.80. The molecular formula is C7H11NO3. The number of hydrogen-bond donors (Lipinski definition) is 4. The summed E-state index contributed by atoms with van der Waals surface area (Å²) in [6, 6.07) is 3.35. The molecule has 0 aromatic carbocycles. The Balaban J connectivity index is 2.62. The number of rotatable bonds is 3. The third-order valence-electron chi connectivity index (χ3n) is 1.49. The van der Waals surface area contributed by atoms with E-state index in [4.69, 9.17) is 10.2 Å². The summed E-state index contributed by atoms with van der Waals surface area (Å²) in [6.45, 7) is -0.444. The van der Waals surface area contributed by atoms with Gasteiger partial charge in [-0.1, -0.05) is 0 Å². The molecule has 0 saturated carbocycles. The Morgan fingerprint density at radius 3 is 2.64 bits per heavy atom. The minimum absolute atomic E-state index is 0.444. The second kappa shape index (κ2) is 3.52. The van der Waals surface area contributed by atoms with Crippen LogP contribution in [0.5, 0.6) is 0 Å². The van der Waals surface area contributed by atoms with Crippen LogP contribution in [-0.4, -0.2) is 33.0 Å². The number of aromatic nitrogens is 1. The topological polar surface area (TPSA) is 76.5 Å². The molecular weight excluding hydrogens is 146 g/mol. The Kier molecular flexibility index (Phi) is 2.64. The van der Waals surface area contributed by atoms with E-state index in [0.717, 1.165) is 0 Å². The van der Waals surface area contributed by atoms with Crippen molar-refractivity contribution >= 4 is 0 Å². The zero-order chi connectivity index (χ0) is 8.27. The third-order valence-corrected chi connectivity index (χ3v) is 1.49. The van der Waals surface area contributed by atoms with Crippen molar-refractivity contribution in [2.45, 2.75) is 12.2 Å². The van der Waals surface area contributed by atoms with Gasteiger partial charge in [0.2, 0.25) is 0 Å². The van der Waals surface area contributed by atoms with Gasteiger partial charge in [-0.25, -0.2) is 0 Å². The fraction of sp³-hybridized carbons (Fsp3) is 0.429. The van der Waals surface area contributed by atoms with Crippen molar-refractivity contribution in [2.75, 3.05) is 6.61 Å². The molecule has 4 N–H and O–H groups in total. The van der Waals surface area contributed by atoms with Crippen LogP contribution >= 0.6 is 0 Å². The van der Waals surface area contributed by atoms with E-state index in [-0.39, 0.29) is 0 Å². The highest BCUT2D eigenvalue weighted by Crippen LogP contribution is 2.13. The Morgan fingerprint density at radius 1 is 1.45 bits per heavy atom. The highest BCUT2D eigenvalue weighted by molar-refractivity contribution is 5.08. The summed E-state index contributed by atoms with van der Waals surface area (Å²) in [5, 5.41) is 26.7. The van der Waals surface area contributed by atoms with Gasteiger partial charge in [0.05, 0.1) is 6.61 Å². The van der Waals surface area contributed by atoms with Crippen molar-refractivity contribution in [3.8, 4) is 0 Å². The van der Waals surface area contributed by atoms with Gasteiger partial charge in [-0.05, 0) is 12.1 Å². The van der Waals surface area contributed by atoms with E-state index in [1.54, 1.807) is 18.3 Å². The lowest BCUT2D eigenvalue weighted by molar-refractivity contribution is -0.0170. The molecule has 4 nitrogen and oxygen atoms in total. The first kappa shape index (κ1) is 8.26. The van der Waals surface area contributed by atoms with Gasteiger partial charge < -0.3 is 20.3 Å². The number of aromatic amines is 1. The maximum absolute atomic E-state index is 9.24. The number of hydrogen-bond acceptors (Lipinski definition) is 3. The molecule has 0 spiro atoms. The monoisotopic (exact) mass is 157 g/mol. The summed E-state index contributed by atoms with van der Waals surface area (Å²) in [4.78, 5) is 2.73. The summed E-state index contributed by atoms with van der Waals surface area (Å²) in [7, 11) is 0. The van der Waals surface area contributed by atoms with Crippen LogP contribution in [0.25, 0.3) is 0 Å². The van der Waals surface area contributed by atoms with E-state index in [9.17, 15) is 5.11 Å². The van der Waals surface area contributed by atoms with Gasteiger partial charge in [-0.15, -0.1) is 0 Å². The standard InChI is InChI=1S/C7H11NO3/c9-4-6(10)7(11)5-2-1-3-8-5/h1-3,6-11H,4H2. The van der Waals surface area contributed by atoms with Crippen molar-refractivity contribution in [1.29, 1.82) is 0 Å². The number of aliphatic hydroxyl groups excluding tert-OH is 3. The van der Waals surface area contributed by atoms with Crippen LogP contribution < -0.4 is 0 Å². The van der Waals surface area contributed by atoms with Crippen LogP contribution in [-0.2, 0) is 0 Å². The van der Waals surface area contributed by atoms with Crippen molar-refractivity contribution in [2.24, 2.45) is 0 Å². The minimum Gasteiger partial charge on any atom is -0.394 e. The molecule has 0 aliphatic carbocycles. The summed E-state index contributed by atoms with van der Waals surface area (Å²) >= 11 is 0. The fourth-order valence-corrected chi connectivity index (χ4v) is 0.835. The maximum Gasteiger partial charge on any atom is 0.122 e. The van der Waals surface area contributed by atoms with E-state index in [1.807, 2.05) is 0 Å². The van der Waals surface area contributed by atoms with Crippen LogP contribution in [0.3, 0.4) is 0 Å². The predicted molar refractivity (Wildman–Crippen MR) is 38.8 cm³/mol. The quantitative estimate of drug-likeness (QED) is 0.473.